The van der Waals surface area contributed by atoms with Gasteiger partial charge in [-0.3, -0.25) is 5.10 Å². The molecule has 1 aliphatic rings. The number of ether oxygens (including phenoxy) is 1. The van der Waals surface area contributed by atoms with E-state index in [9.17, 15) is 4.39 Å². The van der Waals surface area contributed by atoms with Gasteiger partial charge >= 0.3 is 0 Å². The number of aromatic amines is 1. The number of nitrogens with zero attached hydrogens (tertiary/aromatic N) is 1. The number of hydrogen-bond acceptors (Lipinski definition) is 3. The highest BCUT2D eigenvalue weighted by atomic mass is 19.1. The highest BCUT2D eigenvalue weighted by Crippen LogP contribution is 2.45. The zero-order valence-electron chi connectivity index (χ0n) is 10.0. The topological polar surface area (TPSA) is 63.9 Å². The molecule has 94 valence electrons. The van der Waals surface area contributed by atoms with E-state index in [2.05, 4.69) is 10.2 Å². The van der Waals surface area contributed by atoms with Gasteiger partial charge in [0, 0.05) is 17.2 Å². The molecule has 0 amide bonds. The number of aromatic nitrogens is 2. The Bertz CT molecular complexity index is 590. The first-order valence-corrected chi connectivity index (χ1v) is 5.88. The minimum Gasteiger partial charge on any atom is -0.494 e. The number of anilines is 1. The summed E-state index contributed by atoms with van der Waals surface area (Å²) in [6, 6.07) is 4.84. The van der Waals surface area contributed by atoms with Crippen molar-refractivity contribution >= 4 is 5.82 Å². The van der Waals surface area contributed by atoms with E-state index in [0.29, 0.717) is 11.7 Å². The van der Waals surface area contributed by atoms with Crippen molar-refractivity contribution in [3.63, 3.8) is 0 Å². The summed E-state index contributed by atoms with van der Waals surface area (Å²) in [7, 11) is 1.44. The third-order valence-electron chi connectivity index (χ3n) is 3.25. The molecule has 1 aliphatic carbocycles. The summed E-state index contributed by atoms with van der Waals surface area (Å²) in [6.07, 6.45) is 2.26. The van der Waals surface area contributed by atoms with Crippen LogP contribution in [0.25, 0.3) is 11.1 Å². The maximum absolute atomic E-state index is 13.7. The molecule has 3 N–H and O–H groups in total. The number of methoxy groups -OCH3 is 1. The Balaban J connectivity index is 2.09. The monoisotopic (exact) mass is 247 g/mol. The fraction of sp³-hybridized carbons (Fsp3) is 0.308. The molecule has 0 spiro atoms. The Morgan fingerprint density at radius 1 is 1.44 bits per heavy atom. The van der Waals surface area contributed by atoms with E-state index in [1.165, 1.54) is 13.2 Å². The molecular weight excluding hydrogens is 233 g/mol. The van der Waals surface area contributed by atoms with Gasteiger partial charge in [-0.25, -0.2) is 4.39 Å². The maximum Gasteiger partial charge on any atom is 0.165 e. The van der Waals surface area contributed by atoms with Gasteiger partial charge < -0.3 is 10.5 Å². The quantitative estimate of drug-likeness (QED) is 0.876. The molecule has 0 aliphatic heterocycles. The number of halogens is 1. The molecule has 0 bridgehead atoms. The Labute approximate surface area is 104 Å². The predicted octanol–water partition coefficient (Wildman–Crippen LogP) is 2.68. The van der Waals surface area contributed by atoms with Crippen LogP contribution in [0.15, 0.2) is 18.2 Å². The van der Waals surface area contributed by atoms with Crippen LogP contribution in [-0.2, 0) is 0 Å². The normalized spacial score (nSPS) is 14.8. The SMILES string of the molecule is COc1ccc(-c2c(N)n[nH]c2C2CC2)cc1F. The molecule has 5 heteroatoms. The summed E-state index contributed by atoms with van der Waals surface area (Å²) in [6.45, 7) is 0. The smallest absolute Gasteiger partial charge is 0.165 e. The molecule has 2 aromatic rings. The van der Waals surface area contributed by atoms with Crippen LogP contribution in [0.5, 0.6) is 5.75 Å². The van der Waals surface area contributed by atoms with Gasteiger partial charge in [0.25, 0.3) is 0 Å². The first-order valence-electron chi connectivity index (χ1n) is 5.88. The minimum absolute atomic E-state index is 0.230. The summed E-state index contributed by atoms with van der Waals surface area (Å²) in [4.78, 5) is 0. The molecule has 0 unspecified atom stereocenters. The number of nitrogens with one attached hydrogen (secondary N) is 1. The third kappa shape index (κ3) is 1.72. The average Bonchev–Trinajstić information content (AvgIpc) is 3.13. The Hall–Kier alpha value is -2.04. The molecular formula is C13H14FN3O. The van der Waals surface area contributed by atoms with Crippen molar-refractivity contribution in [3.8, 4) is 16.9 Å². The first kappa shape index (κ1) is 11.1. The van der Waals surface area contributed by atoms with Crippen LogP contribution in [0.4, 0.5) is 10.2 Å². The lowest BCUT2D eigenvalue weighted by Crippen LogP contribution is -1.92. The second kappa shape index (κ2) is 4.01. The van der Waals surface area contributed by atoms with Crippen LogP contribution in [0.2, 0.25) is 0 Å². The number of hydrogen-bond donors (Lipinski definition) is 2. The van der Waals surface area contributed by atoms with E-state index < -0.39 is 5.82 Å². The largest absolute Gasteiger partial charge is 0.494 e. The third-order valence-corrected chi connectivity index (χ3v) is 3.25. The van der Waals surface area contributed by atoms with Crippen molar-refractivity contribution in [1.82, 2.24) is 10.2 Å². The lowest BCUT2D eigenvalue weighted by atomic mass is 10.0. The van der Waals surface area contributed by atoms with E-state index in [-0.39, 0.29) is 5.75 Å². The number of nitrogen functional groups attached to an aromatic ring is 1. The number of nitrogens with two attached hydrogens (primary N) is 1. The van der Waals surface area contributed by atoms with Crippen molar-refractivity contribution in [1.29, 1.82) is 0 Å². The molecule has 1 aromatic heterocycles. The van der Waals surface area contributed by atoms with Gasteiger partial charge in [0.05, 0.1) is 7.11 Å². The van der Waals surface area contributed by atoms with Crippen LogP contribution in [-0.4, -0.2) is 17.3 Å². The lowest BCUT2D eigenvalue weighted by molar-refractivity contribution is 0.386. The zero-order chi connectivity index (χ0) is 12.7. The lowest BCUT2D eigenvalue weighted by Gasteiger charge is -2.06. The van der Waals surface area contributed by atoms with Gasteiger partial charge in [-0.15, -0.1) is 0 Å². The summed E-state index contributed by atoms with van der Waals surface area (Å²) in [5.41, 5.74) is 8.43. The van der Waals surface area contributed by atoms with Crippen molar-refractivity contribution in [3.05, 3.63) is 29.7 Å². The van der Waals surface area contributed by atoms with Crippen LogP contribution < -0.4 is 10.5 Å². The van der Waals surface area contributed by atoms with Gasteiger partial charge in [0.15, 0.2) is 17.4 Å². The highest BCUT2D eigenvalue weighted by Gasteiger charge is 2.30. The van der Waals surface area contributed by atoms with Gasteiger partial charge in [-0.05, 0) is 30.5 Å². The van der Waals surface area contributed by atoms with Crippen LogP contribution in [0, 0.1) is 5.82 Å². The fourth-order valence-corrected chi connectivity index (χ4v) is 2.16. The molecule has 0 saturated heterocycles. The summed E-state index contributed by atoms with van der Waals surface area (Å²) in [5.74, 6) is 0.738. The second-order valence-electron chi connectivity index (χ2n) is 4.52. The van der Waals surface area contributed by atoms with Gasteiger partial charge in [0.2, 0.25) is 0 Å². The summed E-state index contributed by atoms with van der Waals surface area (Å²) in [5, 5.41) is 6.98. The predicted molar refractivity (Wildman–Crippen MR) is 66.9 cm³/mol. The minimum atomic E-state index is -0.391. The Morgan fingerprint density at radius 3 is 2.83 bits per heavy atom. The molecule has 0 radical (unpaired) electrons. The van der Waals surface area contributed by atoms with Crippen molar-refractivity contribution < 1.29 is 9.13 Å². The highest BCUT2D eigenvalue weighted by molar-refractivity contribution is 5.77. The summed E-state index contributed by atoms with van der Waals surface area (Å²) >= 11 is 0. The molecule has 3 rings (SSSR count). The fourth-order valence-electron chi connectivity index (χ4n) is 2.16. The molecule has 1 fully saturated rings. The molecule has 1 saturated carbocycles. The standard InChI is InChI=1S/C13H14FN3O/c1-18-10-5-4-8(6-9(10)14)11-12(7-2-3-7)16-17-13(11)15/h4-7H,2-3H2,1H3,(H3,15,16,17). The van der Waals surface area contributed by atoms with Crippen molar-refractivity contribution in [2.24, 2.45) is 0 Å². The summed E-state index contributed by atoms with van der Waals surface area (Å²) < 4.78 is 18.6. The molecule has 18 heavy (non-hydrogen) atoms. The van der Waals surface area contributed by atoms with E-state index in [1.54, 1.807) is 12.1 Å². The maximum atomic E-state index is 13.7. The van der Waals surface area contributed by atoms with E-state index >= 15 is 0 Å². The van der Waals surface area contributed by atoms with Gasteiger partial charge in [0.1, 0.15) is 0 Å². The molecule has 1 heterocycles. The Morgan fingerprint density at radius 2 is 2.22 bits per heavy atom. The van der Waals surface area contributed by atoms with E-state index in [1.807, 2.05) is 0 Å². The molecule has 1 aromatic carbocycles. The van der Waals surface area contributed by atoms with Crippen molar-refractivity contribution in [2.75, 3.05) is 12.8 Å². The number of rotatable bonds is 3. The van der Waals surface area contributed by atoms with E-state index in [4.69, 9.17) is 10.5 Å². The Kier molecular flexibility index (Phi) is 2.47. The van der Waals surface area contributed by atoms with Gasteiger partial charge in [-0.2, -0.15) is 5.10 Å². The van der Waals surface area contributed by atoms with Gasteiger partial charge in [-0.1, -0.05) is 6.07 Å². The van der Waals surface area contributed by atoms with Crippen molar-refractivity contribution in [2.45, 2.75) is 18.8 Å². The number of H-pyrrole nitrogens is 1. The zero-order valence-corrected chi connectivity index (χ0v) is 10.0. The molecule has 0 atom stereocenters. The second-order valence-corrected chi connectivity index (χ2v) is 4.52. The van der Waals surface area contributed by atoms with Crippen LogP contribution in [0.3, 0.4) is 0 Å². The van der Waals surface area contributed by atoms with Crippen LogP contribution in [0.1, 0.15) is 24.5 Å². The average molecular weight is 247 g/mol. The first-order chi connectivity index (χ1) is 8.70. The van der Waals surface area contributed by atoms with Crippen LogP contribution >= 0.6 is 0 Å². The number of benzene rings is 1. The van der Waals surface area contributed by atoms with E-state index in [0.717, 1.165) is 29.7 Å². The molecule has 4 nitrogen and oxygen atoms in total.